The lowest BCUT2D eigenvalue weighted by Crippen LogP contribution is -2.25. The average molecular weight is 510 g/mol. The van der Waals surface area contributed by atoms with E-state index in [2.05, 4.69) is 37.5 Å². The van der Waals surface area contributed by atoms with Gasteiger partial charge in [-0.05, 0) is 62.6 Å². The Morgan fingerprint density at radius 1 is 0.706 bits per heavy atom. The minimum absolute atomic E-state index is 0. The quantitative estimate of drug-likeness (QED) is 0.278. The van der Waals surface area contributed by atoms with Crippen molar-refractivity contribution in [2.24, 2.45) is 0 Å². The van der Waals surface area contributed by atoms with Crippen LogP contribution in [0.5, 0.6) is 11.5 Å². The number of benzene rings is 2. The number of ether oxygens (including phenoxy) is 1. The van der Waals surface area contributed by atoms with Crippen molar-refractivity contribution in [2.75, 3.05) is 39.3 Å². The van der Waals surface area contributed by atoms with Gasteiger partial charge in [-0.25, -0.2) is 0 Å². The molecule has 1 heterocycles. The number of rotatable bonds is 12. The molecule has 3 rings (SSSR count). The molecule has 0 bridgehead atoms. The Labute approximate surface area is 216 Å². The maximum absolute atomic E-state index is 12.7. The molecule has 0 spiro atoms. The van der Waals surface area contributed by atoms with Gasteiger partial charge in [0.1, 0.15) is 11.5 Å². The molecule has 0 amide bonds. The van der Waals surface area contributed by atoms with Crippen LogP contribution in [0.4, 0.5) is 0 Å². The highest BCUT2D eigenvalue weighted by Crippen LogP contribution is 2.37. The SMILES string of the molecule is CCN(CC)CCC(=O)c1ccc2c(c1)Cc1cc(C(=O)CCN(CC)CC)ccc1O2.Cl.Cl. The molecule has 0 radical (unpaired) electrons. The normalized spacial score (nSPS) is 11.7. The fourth-order valence-corrected chi connectivity index (χ4v) is 4.19. The van der Waals surface area contributed by atoms with Gasteiger partial charge in [0.25, 0.3) is 0 Å². The first-order valence-electron chi connectivity index (χ1n) is 11.9. The lowest BCUT2D eigenvalue weighted by Gasteiger charge is -2.22. The number of carbonyl (C=O) groups is 2. The Morgan fingerprint density at radius 2 is 1.09 bits per heavy atom. The van der Waals surface area contributed by atoms with Crippen LogP contribution in [0, 0.1) is 0 Å². The predicted molar refractivity (Wildman–Crippen MR) is 144 cm³/mol. The summed E-state index contributed by atoms with van der Waals surface area (Å²) in [6.07, 6.45) is 1.70. The van der Waals surface area contributed by atoms with Crippen LogP contribution in [0.25, 0.3) is 0 Å². The zero-order chi connectivity index (χ0) is 23.1. The molecule has 0 saturated heterocycles. The van der Waals surface area contributed by atoms with E-state index in [4.69, 9.17) is 4.74 Å². The maximum Gasteiger partial charge on any atom is 0.164 e. The van der Waals surface area contributed by atoms with Crippen molar-refractivity contribution >= 4 is 36.4 Å². The summed E-state index contributed by atoms with van der Waals surface area (Å²) in [7, 11) is 0. The molecule has 1 aliphatic heterocycles. The van der Waals surface area contributed by atoms with Crippen LogP contribution in [-0.2, 0) is 6.42 Å². The molecule has 0 N–H and O–H groups in total. The summed E-state index contributed by atoms with van der Waals surface area (Å²) in [5.41, 5.74) is 3.46. The predicted octanol–water partition coefficient (Wildman–Crippen LogP) is 6.06. The van der Waals surface area contributed by atoms with E-state index in [-0.39, 0.29) is 36.4 Å². The molecule has 188 valence electrons. The van der Waals surface area contributed by atoms with Gasteiger partial charge in [0.2, 0.25) is 0 Å². The largest absolute Gasteiger partial charge is 0.457 e. The number of ketones is 2. The first kappa shape index (κ1) is 30.1. The van der Waals surface area contributed by atoms with Crippen LogP contribution >= 0.6 is 24.8 Å². The smallest absolute Gasteiger partial charge is 0.164 e. The second-order valence-corrected chi connectivity index (χ2v) is 8.32. The van der Waals surface area contributed by atoms with Crippen molar-refractivity contribution in [2.45, 2.75) is 47.0 Å². The molecule has 34 heavy (non-hydrogen) atoms. The summed E-state index contributed by atoms with van der Waals surface area (Å²) in [4.78, 5) is 29.9. The van der Waals surface area contributed by atoms with Crippen molar-refractivity contribution in [3.8, 4) is 11.5 Å². The maximum atomic E-state index is 12.7. The van der Waals surface area contributed by atoms with Gasteiger partial charge < -0.3 is 14.5 Å². The van der Waals surface area contributed by atoms with E-state index in [9.17, 15) is 9.59 Å². The highest BCUT2D eigenvalue weighted by Gasteiger charge is 2.20. The van der Waals surface area contributed by atoms with Crippen molar-refractivity contribution < 1.29 is 14.3 Å². The Bertz CT molecular complexity index is 881. The number of Topliss-reactive ketones (excluding diaryl/α,β-unsaturated/α-hetero) is 2. The van der Waals surface area contributed by atoms with Crippen molar-refractivity contribution in [3.63, 3.8) is 0 Å². The van der Waals surface area contributed by atoms with Gasteiger partial charge in [-0.1, -0.05) is 27.7 Å². The van der Waals surface area contributed by atoms with Crippen molar-refractivity contribution in [3.05, 3.63) is 58.7 Å². The van der Waals surface area contributed by atoms with E-state index in [1.54, 1.807) is 0 Å². The molecule has 0 unspecified atom stereocenters. The van der Waals surface area contributed by atoms with Gasteiger partial charge in [0, 0.05) is 54.6 Å². The summed E-state index contributed by atoms with van der Waals surface area (Å²) in [6, 6.07) is 11.4. The highest BCUT2D eigenvalue weighted by molar-refractivity contribution is 5.97. The fourth-order valence-electron chi connectivity index (χ4n) is 4.19. The molecular formula is C27H38Cl2N2O3. The Morgan fingerprint density at radius 3 is 1.44 bits per heavy atom. The lowest BCUT2D eigenvalue weighted by molar-refractivity contribution is 0.0958. The third kappa shape index (κ3) is 7.54. The molecule has 2 aromatic rings. The summed E-state index contributed by atoms with van der Waals surface area (Å²) in [6.45, 7) is 13.8. The van der Waals surface area contributed by atoms with Crippen molar-refractivity contribution in [1.82, 2.24) is 9.80 Å². The minimum atomic E-state index is 0. The van der Waals surface area contributed by atoms with Gasteiger partial charge in [0.15, 0.2) is 11.6 Å². The van der Waals surface area contributed by atoms with E-state index in [0.717, 1.165) is 73.0 Å². The van der Waals surface area contributed by atoms with Crippen LogP contribution in [0.1, 0.15) is 72.4 Å². The molecular weight excluding hydrogens is 471 g/mol. The molecule has 1 aliphatic rings. The van der Waals surface area contributed by atoms with E-state index in [0.29, 0.717) is 19.3 Å². The van der Waals surface area contributed by atoms with Gasteiger partial charge in [-0.15, -0.1) is 24.8 Å². The second-order valence-electron chi connectivity index (χ2n) is 8.32. The summed E-state index contributed by atoms with van der Waals surface area (Å²) in [5, 5.41) is 0. The van der Waals surface area contributed by atoms with E-state index in [1.807, 2.05) is 36.4 Å². The second kappa shape index (κ2) is 14.5. The fraction of sp³-hybridized carbons (Fsp3) is 0.481. The molecule has 7 heteroatoms. The number of halogens is 2. The first-order chi connectivity index (χ1) is 15.5. The van der Waals surface area contributed by atoms with Gasteiger partial charge in [0.05, 0.1) is 0 Å². The highest BCUT2D eigenvalue weighted by atomic mass is 35.5. The number of carbonyl (C=O) groups excluding carboxylic acids is 2. The van der Waals surface area contributed by atoms with E-state index in [1.165, 1.54) is 0 Å². The Kier molecular flexibility index (Phi) is 12.8. The molecule has 0 atom stereocenters. The molecule has 0 aromatic heterocycles. The number of hydrogen-bond donors (Lipinski definition) is 0. The number of fused-ring (bicyclic) bond motifs is 2. The summed E-state index contributed by atoms with van der Waals surface area (Å²) < 4.78 is 6.07. The summed E-state index contributed by atoms with van der Waals surface area (Å²) in [5.74, 6) is 1.90. The first-order valence-corrected chi connectivity index (χ1v) is 11.9. The Hall–Kier alpha value is -1.92. The molecule has 5 nitrogen and oxygen atoms in total. The number of hydrogen-bond acceptors (Lipinski definition) is 5. The third-order valence-corrected chi connectivity index (χ3v) is 6.46. The Balaban J connectivity index is 0.00000289. The van der Waals surface area contributed by atoms with Crippen LogP contribution in [0.15, 0.2) is 36.4 Å². The standard InChI is InChI=1S/C27H36N2O3.2ClH/c1-5-28(6-2)15-13-24(30)20-9-11-26-22(17-20)19-23-18-21(10-12-27(23)32-26)25(31)14-16-29(7-3)8-4;;/h9-12,17-18H,5-8,13-16,19H2,1-4H3;2*1H. The van der Waals surface area contributed by atoms with Gasteiger partial charge >= 0.3 is 0 Å². The van der Waals surface area contributed by atoms with Crippen LogP contribution in [0.3, 0.4) is 0 Å². The number of nitrogens with zero attached hydrogens (tertiary/aromatic N) is 2. The molecule has 0 saturated carbocycles. The van der Waals surface area contributed by atoms with E-state index < -0.39 is 0 Å². The zero-order valence-electron chi connectivity index (χ0n) is 20.8. The monoisotopic (exact) mass is 508 g/mol. The molecule has 2 aromatic carbocycles. The lowest BCUT2D eigenvalue weighted by atomic mass is 9.94. The van der Waals surface area contributed by atoms with Gasteiger partial charge in [-0.2, -0.15) is 0 Å². The van der Waals surface area contributed by atoms with Crippen LogP contribution < -0.4 is 4.74 Å². The van der Waals surface area contributed by atoms with Gasteiger partial charge in [-0.3, -0.25) is 9.59 Å². The average Bonchev–Trinajstić information content (AvgIpc) is 2.82. The van der Waals surface area contributed by atoms with Crippen molar-refractivity contribution in [1.29, 1.82) is 0 Å². The zero-order valence-corrected chi connectivity index (χ0v) is 22.4. The topological polar surface area (TPSA) is 49.9 Å². The third-order valence-electron chi connectivity index (χ3n) is 6.46. The van der Waals surface area contributed by atoms with Crippen LogP contribution in [-0.4, -0.2) is 60.6 Å². The molecule has 0 fully saturated rings. The van der Waals surface area contributed by atoms with E-state index >= 15 is 0 Å². The summed E-state index contributed by atoms with van der Waals surface area (Å²) >= 11 is 0. The van der Waals surface area contributed by atoms with Crippen LogP contribution in [0.2, 0.25) is 0 Å². The minimum Gasteiger partial charge on any atom is -0.457 e. The molecule has 0 aliphatic carbocycles.